The zero-order valence-electron chi connectivity index (χ0n) is 7.48. The Kier molecular flexibility index (Phi) is 3.02. The van der Waals surface area contributed by atoms with E-state index in [1.54, 1.807) is 0 Å². The molecule has 0 N–H and O–H groups in total. The largest absolute Gasteiger partial charge is 0.303 e. The first kappa shape index (κ1) is 10.4. The number of rotatable bonds is 3. The highest BCUT2D eigenvalue weighted by Crippen LogP contribution is 2.64. The summed E-state index contributed by atoms with van der Waals surface area (Å²) in [5, 5.41) is 0. The van der Waals surface area contributed by atoms with Gasteiger partial charge in [-0.15, -0.1) is 0 Å². The lowest BCUT2D eigenvalue weighted by Crippen LogP contribution is -2.32. The molecule has 1 heterocycles. The fourth-order valence-corrected chi connectivity index (χ4v) is 4.04. The minimum absolute atomic E-state index is 0.182. The molecule has 1 saturated carbocycles. The molecule has 13 heavy (non-hydrogen) atoms. The van der Waals surface area contributed by atoms with Gasteiger partial charge in [-0.05, 0) is 25.3 Å². The van der Waals surface area contributed by atoms with Gasteiger partial charge in [-0.25, -0.2) is 0 Å². The van der Waals surface area contributed by atoms with Crippen LogP contribution in [-0.4, -0.2) is 34.4 Å². The molecule has 1 aliphatic heterocycles. The van der Waals surface area contributed by atoms with Crippen LogP contribution in [0.25, 0.3) is 0 Å². The number of fused-ring (bicyclic) bond motifs is 1. The number of halogens is 3. The number of piperidine rings is 1. The van der Waals surface area contributed by atoms with E-state index in [-0.39, 0.29) is 9.91 Å². The minimum Gasteiger partial charge on any atom is -0.303 e. The van der Waals surface area contributed by atoms with Crippen molar-refractivity contribution >= 4 is 31.9 Å². The van der Waals surface area contributed by atoms with Crippen molar-refractivity contribution in [3.63, 3.8) is 0 Å². The van der Waals surface area contributed by atoms with Crippen LogP contribution in [0.2, 0.25) is 0 Å². The Morgan fingerprint density at radius 3 is 2.77 bits per heavy atom. The Balaban J connectivity index is 1.80. The average molecular weight is 315 g/mol. The van der Waals surface area contributed by atoms with Crippen LogP contribution in [0.3, 0.4) is 0 Å². The van der Waals surface area contributed by atoms with Crippen LogP contribution < -0.4 is 0 Å². The molecule has 0 radical (unpaired) electrons. The summed E-state index contributed by atoms with van der Waals surface area (Å²) in [6.45, 7) is 3.01. The van der Waals surface area contributed by atoms with Crippen molar-refractivity contribution in [3.8, 4) is 0 Å². The van der Waals surface area contributed by atoms with Crippen LogP contribution in [0.1, 0.15) is 12.8 Å². The molecule has 1 saturated heterocycles. The number of nitrogens with zero attached hydrogens (tertiary/aromatic N) is 1. The normalized spacial score (nSPS) is 37.2. The van der Waals surface area contributed by atoms with Crippen molar-refractivity contribution in [1.29, 1.82) is 0 Å². The lowest BCUT2D eigenvalue weighted by atomic mass is 10.1. The standard InChI is InChI=1S/C9H14Br2FN/c10-9(11)7-2-5-13(4-1-3-12)6-8(7)9/h7-8H,1-6H2/t7-,8+/m0/s1. The molecule has 0 aromatic carbocycles. The Morgan fingerprint density at radius 2 is 2.15 bits per heavy atom. The van der Waals surface area contributed by atoms with Crippen molar-refractivity contribution in [1.82, 2.24) is 4.90 Å². The van der Waals surface area contributed by atoms with Crippen LogP contribution >= 0.6 is 31.9 Å². The number of hydrogen-bond donors (Lipinski definition) is 0. The van der Waals surface area contributed by atoms with Gasteiger partial charge in [0.15, 0.2) is 0 Å². The lowest BCUT2D eigenvalue weighted by Gasteiger charge is -2.24. The summed E-state index contributed by atoms with van der Waals surface area (Å²) in [7, 11) is 0. The lowest BCUT2D eigenvalue weighted by molar-refractivity contribution is 0.210. The highest BCUT2D eigenvalue weighted by molar-refractivity contribution is 9.25. The monoisotopic (exact) mass is 313 g/mol. The van der Waals surface area contributed by atoms with E-state index in [9.17, 15) is 4.39 Å². The van der Waals surface area contributed by atoms with Crippen molar-refractivity contribution in [3.05, 3.63) is 0 Å². The van der Waals surface area contributed by atoms with Gasteiger partial charge >= 0.3 is 0 Å². The van der Waals surface area contributed by atoms with Crippen LogP contribution in [0.15, 0.2) is 0 Å². The summed E-state index contributed by atoms with van der Waals surface area (Å²) < 4.78 is 12.2. The molecule has 0 unspecified atom stereocenters. The molecule has 2 fully saturated rings. The molecular weight excluding hydrogens is 301 g/mol. The van der Waals surface area contributed by atoms with E-state index in [1.807, 2.05) is 0 Å². The SMILES string of the molecule is FCCCN1CC[C@H]2[C@@H](C1)C2(Br)Br. The third-order valence-electron chi connectivity index (χ3n) is 3.18. The second-order valence-corrected chi connectivity index (χ2v) is 7.71. The van der Waals surface area contributed by atoms with Gasteiger partial charge < -0.3 is 4.90 Å². The Bertz CT molecular complexity index is 198. The molecule has 0 aromatic heterocycles. The molecule has 4 heteroatoms. The van der Waals surface area contributed by atoms with Crippen LogP contribution in [0.5, 0.6) is 0 Å². The first-order valence-corrected chi connectivity index (χ1v) is 6.41. The third-order valence-corrected chi connectivity index (χ3v) is 5.54. The maximum Gasteiger partial charge on any atom is 0.0906 e. The molecule has 0 amide bonds. The predicted octanol–water partition coefficient (Wildman–Crippen LogP) is 2.78. The van der Waals surface area contributed by atoms with Crippen molar-refractivity contribution in [2.75, 3.05) is 26.3 Å². The Morgan fingerprint density at radius 1 is 1.38 bits per heavy atom. The maximum absolute atomic E-state index is 12.0. The highest BCUT2D eigenvalue weighted by Gasteiger charge is 2.62. The van der Waals surface area contributed by atoms with Gasteiger partial charge in [-0.2, -0.15) is 0 Å². The first-order chi connectivity index (χ1) is 6.16. The maximum atomic E-state index is 12.0. The van der Waals surface area contributed by atoms with E-state index in [0.29, 0.717) is 6.42 Å². The second kappa shape index (κ2) is 3.78. The van der Waals surface area contributed by atoms with E-state index in [4.69, 9.17) is 0 Å². The van der Waals surface area contributed by atoms with E-state index in [2.05, 4.69) is 36.8 Å². The van der Waals surface area contributed by atoms with Crippen molar-refractivity contribution in [2.24, 2.45) is 11.8 Å². The van der Waals surface area contributed by atoms with Gasteiger partial charge in [-0.1, -0.05) is 31.9 Å². The van der Waals surface area contributed by atoms with E-state index < -0.39 is 0 Å². The van der Waals surface area contributed by atoms with Gasteiger partial charge in [0.25, 0.3) is 0 Å². The minimum atomic E-state index is -0.182. The average Bonchev–Trinajstić information content (AvgIpc) is 2.66. The Labute approximate surface area is 95.3 Å². The van der Waals surface area contributed by atoms with Gasteiger partial charge in [-0.3, -0.25) is 4.39 Å². The number of alkyl halides is 3. The molecule has 1 aliphatic carbocycles. The van der Waals surface area contributed by atoms with Gasteiger partial charge in [0.1, 0.15) is 0 Å². The van der Waals surface area contributed by atoms with Crippen molar-refractivity contribution in [2.45, 2.75) is 16.1 Å². The van der Waals surface area contributed by atoms with E-state index in [1.165, 1.54) is 6.42 Å². The highest BCUT2D eigenvalue weighted by atomic mass is 79.9. The molecule has 0 bridgehead atoms. The molecule has 0 aromatic rings. The Hall–Kier alpha value is 0.850. The summed E-state index contributed by atoms with van der Waals surface area (Å²) in [6.07, 6.45) is 1.93. The molecule has 1 nitrogen and oxygen atoms in total. The molecule has 2 aliphatic rings. The second-order valence-electron chi connectivity index (χ2n) is 4.02. The zero-order valence-corrected chi connectivity index (χ0v) is 10.7. The number of likely N-dealkylation sites (tertiary alicyclic amines) is 1. The van der Waals surface area contributed by atoms with Crippen LogP contribution in [0, 0.1) is 11.8 Å². The zero-order chi connectivity index (χ0) is 9.47. The smallest absolute Gasteiger partial charge is 0.0906 e. The fraction of sp³-hybridized carbons (Fsp3) is 1.00. The fourth-order valence-electron chi connectivity index (χ4n) is 2.28. The van der Waals surface area contributed by atoms with Crippen LogP contribution in [0.4, 0.5) is 4.39 Å². The van der Waals surface area contributed by atoms with Gasteiger partial charge in [0, 0.05) is 19.0 Å². The predicted molar refractivity (Wildman–Crippen MR) is 59.2 cm³/mol. The van der Waals surface area contributed by atoms with Gasteiger partial charge in [0.05, 0.1) is 9.91 Å². The number of hydrogen-bond acceptors (Lipinski definition) is 1. The first-order valence-electron chi connectivity index (χ1n) is 4.82. The summed E-state index contributed by atoms with van der Waals surface area (Å²) in [5.74, 6) is 1.54. The van der Waals surface area contributed by atoms with Crippen molar-refractivity contribution < 1.29 is 4.39 Å². The van der Waals surface area contributed by atoms with E-state index >= 15 is 0 Å². The summed E-state index contributed by atoms with van der Waals surface area (Å²) in [4.78, 5) is 2.38. The third kappa shape index (κ3) is 1.95. The molecule has 76 valence electrons. The summed E-state index contributed by atoms with van der Waals surface area (Å²) in [5.41, 5.74) is 0. The molecule has 2 atom stereocenters. The summed E-state index contributed by atoms with van der Waals surface area (Å²) >= 11 is 7.38. The summed E-state index contributed by atoms with van der Waals surface area (Å²) in [6, 6.07) is 0. The quantitative estimate of drug-likeness (QED) is 0.724. The van der Waals surface area contributed by atoms with E-state index in [0.717, 1.165) is 31.5 Å². The van der Waals surface area contributed by atoms with Gasteiger partial charge in [0.2, 0.25) is 0 Å². The molecular formula is C9H14Br2FN. The molecule has 0 spiro atoms. The van der Waals surface area contributed by atoms with Crippen LogP contribution in [-0.2, 0) is 0 Å². The topological polar surface area (TPSA) is 3.24 Å². The molecule has 2 rings (SSSR count).